The zero-order valence-corrected chi connectivity index (χ0v) is 11.7. The molecule has 110 valence electrons. The first-order valence-electron chi connectivity index (χ1n) is 6.47. The van der Waals surface area contributed by atoms with Gasteiger partial charge >= 0.3 is 0 Å². The summed E-state index contributed by atoms with van der Waals surface area (Å²) in [5.74, 6) is -2.07. The molecule has 0 aliphatic rings. The Kier molecular flexibility index (Phi) is 4.47. The number of hydrogen-bond acceptors (Lipinski definition) is 3. The van der Waals surface area contributed by atoms with Crippen molar-refractivity contribution in [3.05, 3.63) is 53.9 Å². The number of rotatable bonds is 4. The van der Waals surface area contributed by atoms with Crippen LogP contribution < -0.4 is 10.2 Å². The molecule has 0 spiro atoms. The van der Waals surface area contributed by atoms with E-state index in [1.165, 1.54) is 11.9 Å². The Morgan fingerprint density at radius 2 is 1.81 bits per heavy atom. The molecule has 0 saturated heterocycles. The summed E-state index contributed by atoms with van der Waals surface area (Å²) >= 11 is 0. The minimum atomic E-state index is -0.799. The number of benzene rings is 1. The van der Waals surface area contributed by atoms with Crippen LogP contribution in [0.1, 0.15) is 17.3 Å². The maximum Gasteiger partial charge on any atom is 0.258 e. The van der Waals surface area contributed by atoms with Gasteiger partial charge in [-0.25, -0.2) is 8.78 Å². The minimum absolute atomic E-state index is 0.0392. The molecule has 1 aromatic carbocycles. The van der Waals surface area contributed by atoms with Gasteiger partial charge in [0.05, 0.1) is 0 Å². The lowest BCUT2D eigenvalue weighted by atomic mass is 10.1. The Labute approximate surface area is 121 Å². The van der Waals surface area contributed by atoms with Crippen molar-refractivity contribution >= 4 is 17.3 Å². The highest BCUT2D eigenvalue weighted by atomic mass is 19.1. The van der Waals surface area contributed by atoms with Gasteiger partial charge in [0.1, 0.15) is 17.3 Å². The van der Waals surface area contributed by atoms with E-state index in [0.717, 1.165) is 12.1 Å². The van der Waals surface area contributed by atoms with Gasteiger partial charge in [-0.3, -0.25) is 9.78 Å². The predicted molar refractivity (Wildman–Crippen MR) is 77.5 cm³/mol. The molecule has 0 atom stereocenters. The fourth-order valence-corrected chi connectivity index (χ4v) is 2.06. The Morgan fingerprint density at radius 1 is 1.24 bits per heavy atom. The second-order valence-corrected chi connectivity index (χ2v) is 4.32. The number of nitrogens with zero attached hydrogens (tertiary/aromatic N) is 2. The highest BCUT2D eigenvalue weighted by molar-refractivity contribution is 6.06. The third kappa shape index (κ3) is 2.99. The van der Waals surface area contributed by atoms with Crippen molar-refractivity contribution in [2.45, 2.75) is 6.92 Å². The maximum atomic E-state index is 13.8. The first kappa shape index (κ1) is 14.9. The maximum absolute atomic E-state index is 13.8. The minimum Gasteiger partial charge on any atom is -0.383 e. The highest BCUT2D eigenvalue weighted by Gasteiger charge is 2.19. The normalized spacial score (nSPS) is 10.3. The zero-order chi connectivity index (χ0) is 15.4. The number of carbonyl (C=O) groups is 1. The number of carbonyl (C=O) groups excluding carboxylic acids is 1. The van der Waals surface area contributed by atoms with Crippen LogP contribution in [0.4, 0.5) is 20.2 Å². The monoisotopic (exact) mass is 291 g/mol. The van der Waals surface area contributed by atoms with Gasteiger partial charge in [-0.2, -0.15) is 0 Å². The van der Waals surface area contributed by atoms with Gasteiger partial charge in [-0.1, -0.05) is 0 Å². The number of anilines is 2. The molecule has 2 rings (SSSR count). The Hall–Kier alpha value is -2.50. The number of pyridine rings is 1. The van der Waals surface area contributed by atoms with E-state index in [-0.39, 0.29) is 11.3 Å². The third-order valence-electron chi connectivity index (χ3n) is 3.07. The predicted octanol–water partition coefficient (Wildman–Crippen LogP) is 3.07. The molecule has 0 saturated carbocycles. The summed E-state index contributed by atoms with van der Waals surface area (Å²) in [5.41, 5.74) is 0.331. The fourth-order valence-electron chi connectivity index (χ4n) is 2.06. The molecule has 6 heteroatoms. The van der Waals surface area contributed by atoms with Gasteiger partial charge in [-0.05, 0) is 31.2 Å². The van der Waals surface area contributed by atoms with E-state index >= 15 is 0 Å². The van der Waals surface area contributed by atoms with E-state index in [1.807, 2.05) is 0 Å². The zero-order valence-electron chi connectivity index (χ0n) is 11.7. The molecule has 0 bridgehead atoms. The average Bonchev–Trinajstić information content (AvgIpc) is 2.48. The van der Waals surface area contributed by atoms with Gasteiger partial charge in [0, 0.05) is 37.2 Å². The standard InChI is InChI=1S/C15H15F2N3O/c1-3-20(11-4-6-19-7-5-11)15(21)10-8-12(16)14(18-2)13(17)9-10/h4-9,18H,3H2,1-2H3. The van der Waals surface area contributed by atoms with Gasteiger partial charge < -0.3 is 10.2 Å². The summed E-state index contributed by atoms with van der Waals surface area (Å²) in [6.07, 6.45) is 3.10. The summed E-state index contributed by atoms with van der Waals surface area (Å²) < 4.78 is 27.5. The fraction of sp³-hybridized carbons (Fsp3) is 0.200. The number of aromatic nitrogens is 1. The summed E-state index contributed by atoms with van der Waals surface area (Å²) in [7, 11) is 1.41. The van der Waals surface area contributed by atoms with Crippen LogP contribution in [0.3, 0.4) is 0 Å². The van der Waals surface area contributed by atoms with Crippen LogP contribution in [0.15, 0.2) is 36.7 Å². The molecule has 1 heterocycles. The number of nitrogens with one attached hydrogen (secondary N) is 1. The second-order valence-electron chi connectivity index (χ2n) is 4.32. The van der Waals surface area contributed by atoms with E-state index in [9.17, 15) is 13.6 Å². The van der Waals surface area contributed by atoms with Crippen LogP contribution in [0.25, 0.3) is 0 Å². The van der Waals surface area contributed by atoms with Crippen molar-refractivity contribution < 1.29 is 13.6 Å². The Bertz CT molecular complexity index is 624. The topological polar surface area (TPSA) is 45.2 Å². The molecule has 1 amide bonds. The summed E-state index contributed by atoms with van der Waals surface area (Å²) in [6.45, 7) is 2.16. The van der Waals surface area contributed by atoms with E-state index in [0.29, 0.717) is 12.2 Å². The van der Waals surface area contributed by atoms with Crippen LogP contribution in [0, 0.1) is 11.6 Å². The molecule has 0 aliphatic heterocycles. The molecular formula is C15H15F2N3O. The average molecular weight is 291 g/mol. The molecule has 0 fully saturated rings. The molecule has 1 aromatic heterocycles. The molecule has 0 unspecified atom stereocenters. The largest absolute Gasteiger partial charge is 0.383 e. The quantitative estimate of drug-likeness (QED) is 0.941. The van der Waals surface area contributed by atoms with Crippen LogP contribution in [0.5, 0.6) is 0 Å². The second kappa shape index (κ2) is 6.30. The van der Waals surface area contributed by atoms with Gasteiger partial charge in [0.2, 0.25) is 0 Å². The van der Waals surface area contributed by atoms with Crippen molar-refractivity contribution in [3.63, 3.8) is 0 Å². The van der Waals surface area contributed by atoms with Crippen molar-refractivity contribution in [2.75, 3.05) is 23.8 Å². The lowest BCUT2D eigenvalue weighted by Gasteiger charge is -2.21. The van der Waals surface area contributed by atoms with E-state index in [2.05, 4.69) is 10.3 Å². The highest BCUT2D eigenvalue weighted by Crippen LogP contribution is 2.22. The smallest absolute Gasteiger partial charge is 0.258 e. The Balaban J connectivity index is 2.39. The Morgan fingerprint density at radius 3 is 2.29 bits per heavy atom. The lowest BCUT2D eigenvalue weighted by molar-refractivity contribution is 0.0987. The van der Waals surface area contributed by atoms with Crippen molar-refractivity contribution in [1.82, 2.24) is 4.98 Å². The van der Waals surface area contributed by atoms with E-state index in [1.54, 1.807) is 31.5 Å². The molecule has 0 radical (unpaired) electrons. The van der Waals surface area contributed by atoms with Crippen molar-refractivity contribution in [1.29, 1.82) is 0 Å². The summed E-state index contributed by atoms with van der Waals surface area (Å²) in [6, 6.07) is 5.38. The van der Waals surface area contributed by atoms with Crippen molar-refractivity contribution in [2.24, 2.45) is 0 Å². The van der Waals surface area contributed by atoms with Crippen molar-refractivity contribution in [3.8, 4) is 0 Å². The number of hydrogen-bond donors (Lipinski definition) is 1. The van der Waals surface area contributed by atoms with Gasteiger partial charge in [0.15, 0.2) is 0 Å². The molecule has 21 heavy (non-hydrogen) atoms. The third-order valence-corrected chi connectivity index (χ3v) is 3.07. The molecule has 2 aromatic rings. The van der Waals surface area contributed by atoms with E-state index < -0.39 is 17.5 Å². The summed E-state index contributed by atoms with van der Waals surface area (Å²) in [4.78, 5) is 17.7. The van der Waals surface area contributed by atoms with Crippen LogP contribution in [0.2, 0.25) is 0 Å². The first-order chi connectivity index (χ1) is 10.1. The lowest BCUT2D eigenvalue weighted by Crippen LogP contribution is -2.30. The van der Waals surface area contributed by atoms with Gasteiger partial charge in [-0.15, -0.1) is 0 Å². The SMILES string of the molecule is CCN(C(=O)c1cc(F)c(NC)c(F)c1)c1ccncc1. The molecule has 4 nitrogen and oxygen atoms in total. The van der Waals surface area contributed by atoms with Crippen LogP contribution in [-0.4, -0.2) is 24.5 Å². The first-order valence-corrected chi connectivity index (χ1v) is 6.47. The number of amides is 1. The molecule has 1 N–H and O–H groups in total. The summed E-state index contributed by atoms with van der Waals surface area (Å²) in [5, 5.41) is 2.42. The van der Waals surface area contributed by atoms with Gasteiger partial charge in [0.25, 0.3) is 5.91 Å². The van der Waals surface area contributed by atoms with Crippen LogP contribution >= 0.6 is 0 Å². The molecule has 0 aliphatic carbocycles. The van der Waals surface area contributed by atoms with Crippen LogP contribution in [-0.2, 0) is 0 Å². The molecular weight excluding hydrogens is 276 g/mol. The number of halogens is 2. The van der Waals surface area contributed by atoms with E-state index in [4.69, 9.17) is 0 Å².